The third-order valence-electron chi connectivity index (χ3n) is 1.58. The van der Waals surface area contributed by atoms with Gasteiger partial charge in [-0.15, -0.1) is 0 Å². The smallest absolute Gasteiger partial charge is 0.156 e. The summed E-state index contributed by atoms with van der Waals surface area (Å²) in [5.41, 5.74) is 0.940. The van der Waals surface area contributed by atoms with Gasteiger partial charge in [0.25, 0.3) is 0 Å². The molecule has 0 aliphatic heterocycles. The molecule has 0 N–H and O–H groups in total. The second-order valence-corrected chi connectivity index (χ2v) is 3.87. The van der Waals surface area contributed by atoms with Gasteiger partial charge in [0.2, 0.25) is 0 Å². The molecule has 0 amide bonds. The van der Waals surface area contributed by atoms with Gasteiger partial charge in [0, 0.05) is 18.0 Å². The van der Waals surface area contributed by atoms with Gasteiger partial charge in [-0.25, -0.2) is 14.6 Å². The summed E-state index contributed by atoms with van der Waals surface area (Å²) in [4.78, 5) is 8.13. The Hall–Kier alpha value is -0.980. The number of halogens is 1. The van der Waals surface area contributed by atoms with Crippen molar-refractivity contribution in [2.24, 2.45) is 0 Å². The molecule has 5 heteroatoms. The van der Waals surface area contributed by atoms with E-state index in [1.165, 1.54) is 0 Å². The van der Waals surface area contributed by atoms with E-state index in [4.69, 9.17) is 0 Å². The Bertz CT molecular complexity index is 424. The SMILES string of the molecule is Cc1cc(-n2cc(I)cn2)ncn1. The number of aryl methyl sites for hydroxylation is 1. The molecule has 4 nitrogen and oxygen atoms in total. The molecule has 0 atom stereocenters. The summed E-state index contributed by atoms with van der Waals surface area (Å²) in [5, 5.41) is 4.15. The zero-order valence-electron chi connectivity index (χ0n) is 6.98. The molecule has 0 spiro atoms. The molecule has 0 bridgehead atoms. The summed E-state index contributed by atoms with van der Waals surface area (Å²) in [7, 11) is 0. The zero-order chi connectivity index (χ0) is 9.26. The highest BCUT2D eigenvalue weighted by atomic mass is 127. The van der Waals surface area contributed by atoms with E-state index in [2.05, 4.69) is 37.7 Å². The van der Waals surface area contributed by atoms with E-state index in [0.717, 1.165) is 15.1 Å². The maximum absolute atomic E-state index is 4.15. The van der Waals surface area contributed by atoms with E-state index in [1.54, 1.807) is 17.2 Å². The van der Waals surface area contributed by atoms with Crippen LogP contribution in [0, 0.1) is 10.5 Å². The number of aromatic nitrogens is 4. The lowest BCUT2D eigenvalue weighted by atomic mass is 10.4. The molecule has 66 valence electrons. The topological polar surface area (TPSA) is 43.6 Å². The van der Waals surface area contributed by atoms with Gasteiger partial charge in [0.15, 0.2) is 5.82 Å². The van der Waals surface area contributed by atoms with E-state index in [9.17, 15) is 0 Å². The summed E-state index contributed by atoms with van der Waals surface area (Å²) in [6.07, 6.45) is 5.25. The van der Waals surface area contributed by atoms with Crippen molar-refractivity contribution in [3.8, 4) is 5.82 Å². The lowest BCUT2D eigenvalue weighted by Crippen LogP contribution is -1.98. The third-order valence-corrected chi connectivity index (χ3v) is 2.13. The molecule has 0 aliphatic carbocycles. The summed E-state index contributed by atoms with van der Waals surface area (Å²) < 4.78 is 2.82. The Morgan fingerprint density at radius 3 is 2.85 bits per heavy atom. The van der Waals surface area contributed by atoms with Crippen molar-refractivity contribution < 1.29 is 0 Å². The second-order valence-electron chi connectivity index (χ2n) is 2.62. The van der Waals surface area contributed by atoms with Crippen LogP contribution in [0.15, 0.2) is 24.8 Å². The molecule has 0 saturated carbocycles. The van der Waals surface area contributed by atoms with Gasteiger partial charge in [0.1, 0.15) is 6.33 Å². The Kier molecular flexibility index (Phi) is 2.26. The second kappa shape index (κ2) is 3.41. The van der Waals surface area contributed by atoms with Crippen LogP contribution in [0.5, 0.6) is 0 Å². The highest BCUT2D eigenvalue weighted by molar-refractivity contribution is 14.1. The molecule has 0 saturated heterocycles. The first-order valence-corrected chi connectivity index (χ1v) is 4.83. The Labute approximate surface area is 89.2 Å². The van der Waals surface area contributed by atoms with Crippen LogP contribution in [0.25, 0.3) is 5.82 Å². The van der Waals surface area contributed by atoms with Crippen molar-refractivity contribution in [2.45, 2.75) is 6.92 Å². The lowest BCUT2D eigenvalue weighted by Gasteiger charge is -1.98. The van der Waals surface area contributed by atoms with E-state index in [-0.39, 0.29) is 0 Å². The standard InChI is InChI=1S/C8H7IN4/c1-6-2-8(11-5-10-6)13-4-7(9)3-12-13/h2-5H,1H3. The number of hydrogen-bond donors (Lipinski definition) is 0. The van der Waals surface area contributed by atoms with Gasteiger partial charge in [-0.2, -0.15) is 5.10 Å². The highest BCUT2D eigenvalue weighted by Crippen LogP contribution is 2.07. The van der Waals surface area contributed by atoms with Gasteiger partial charge in [0.05, 0.1) is 9.77 Å². The first kappa shape index (κ1) is 8.61. The first-order chi connectivity index (χ1) is 6.25. The Morgan fingerprint density at radius 2 is 2.23 bits per heavy atom. The molecule has 2 rings (SSSR count). The van der Waals surface area contributed by atoms with Crippen LogP contribution in [0.3, 0.4) is 0 Å². The summed E-state index contributed by atoms with van der Waals surface area (Å²) in [6.45, 7) is 1.93. The monoisotopic (exact) mass is 286 g/mol. The van der Waals surface area contributed by atoms with Crippen LogP contribution in [0.4, 0.5) is 0 Å². The summed E-state index contributed by atoms with van der Waals surface area (Å²) in [6, 6.07) is 1.89. The molecule has 0 unspecified atom stereocenters. The largest absolute Gasteiger partial charge is 0.242 e. The van der Waals surface area contributed by atoms with Gasteiger partial charge < -0.3 is 0 Å². The molecule has 0 fully saturated rings. The maximum Gasteiger partial charge on any atom is 0.156 e. The van der Waals surface area contributed by atoms with Crippen molar-refractivity contribution in [3.05, 3.63) is 34.1 Å². The van der Waals surface area contributed by atoms with E-state index >= 15 is 0 Å². The van der Waals surface area contributed by atoms with Gasteiger partial charge >= 0.3 is 0 Å². The molecule has 13 heavy (non-hydrogen) atoms. The Morgan fingerprint density at radius 1 is 1.38 bits per heavy atom. The van der Waals surface area contributed by atoms with Crippen molar-refractivity contribution in [1.29, 1.82) is 0 Å². The van der Waals surface area contributed by atoms with E-state index < -0.39 is 0 Å². The Balaban J connectivity index is 2.46. The number of hydrogen-bond acceptors (Lipinski definition) is 3. The molecule has 2 heterocycles. The first-order valence-electron chi connectivity index (χ1n) is 3.75. The lowest BCUT2D eigenvalue weighted by molar-refractivity contribution is 0.834. The third kappa shape index (κ3) is 1.85. The van der Waals surface area contributed by atoms with Crippen molar-refractivity contribution in [1.82, 2.24) is 19.7 Å². The molecular weight excluding hydrogens is 279 g/mol. The number of nitrogens with zero attached hydrogens (tertiary/aromatic N) is 4. The van der Waals surface area contributed by atoms with Crippen LogP contribution in [-0.4, -0.2) is 19.7 Å². The zero-order valence-corrected chi connectivity index (χ0v) is 9.13. The molecular formula is C8H7IN4. The minimum Gasteiger partial charge on any atom is -0.242 e. The molecule has 0 aromatic carbocycles. The summed E-state index contributed by atoms with van der Waals surface area (Å²) in [5.74, 6) is 0.801. The average Bonchev–Trinajstić information content (AvgIpc) is 2.52. The van der Waals surface area contributed by atoms with Crippen LogP contribution in [0.1, 0.15) is 5.69 Å². The predicted molar refractivity (Wildman–Crippen MR) is 56.6 cm³/mol. The van der Waals surface area contributed by atoms with Crippen LogP contribution < -0.4 is 0 Å². The van der Waals surface area contributed by atoms with Crippen LogP contribution in [-0.2, 0) is 0 Å². The van der Waals surface area contributed by atoms with E-state index in [0.29, 0.717) is 0 Å². The van der Waals surface area contributed by atoms with Gasteiger partial charge in [-0.3, -0.25) is 0 Å². The molecule has 2 aromatic heterocycles. The average molecular weight is 286 g/mol. The van der Waals surface area contributed by atoms with E-state index in [1.807, 2.05) is 19.2 Å². The fourth-order valence-corrected chi connectivity index (χ4v) is 1.38. The minimum atomic E-state index is 0.801. The highest BCUT2D eigenvalue weighted by Gasteiger charge is 1.99. The van der Waals surface area contributed by atoms with Crippen molar-refractivity contribution in [2.75, 3.05) is 0 Å². The van der Waals surface area contributed by atoms with Crippen LogP contribution >= 0.6 is 22.6 Å². The predicted octanol–water partition coefficient (Wildman–Crippen LogP) is 1.58. The van der Waals surface area contributed by atoms with Gasteiger partial charge in [-0.05, 0) is 29.5 Å². The fourth-order valence-electron chi connectivity index (χ4n) is 0.992. The molecule has 0 radical (unpaired) electrons. The number of rotatable bonds is 1. The molecule has 2 aromatic rings. The van der Waals surface area contributed by atoms with Gasteiger partial charge in [-0.1, -0.05) is 0 Å². The minimum absolute atomic E-state index is 0.801. The maximum atomic E-state index is 4.15. The fraction of sp³-hybridized carbons (Fsp3) is 0.125. The van der Waals surface area contributed by atoms with Crippen molar-refractivity contribution in [3.63, 3.8) is 0 Å². The van der Waals surface area contributed by atoms with Crippen LogP contribution in [0.2, 0.25) is 0 Å². The molecule has 0 aliphatic rings. The summed E-state index contributed by atoms with van der Waals surface area (Å²) >= 11 is 2.21. The normalized spacial score (nSPS) is 10.3. The quantitative estimate of drug-likeness (QED) is 0.747. The van der Waals surface area contributed by atoms with Crippen molar-refractivity contribution >= 4 is 22.6 Å².